The fourth-order valence-electron chi connectivity index (χ4n) is 1.56. The molecule has 0 N–H and O–H groups in total. The smallest absolute Gasteiger partial charge is 0.0855 e. The van der Waals surface area contributed by atoms with Gasteiger partial charge in [-0.2, -0.15) is 0 Å². The zero-order valence-corrected chi connectivity index (χ0v) is 10.2. The first kappa shape index (κ1) is 11.9. The van der Waals surface area contributed by atoms with E-state index < -0.39 is 0 Å². The van der Waals surface area contributed by atoms with Gasteiger partial charge in [0.25, 0.3) is 0 Å². The fraction of sp³-hybridized carbons (Fsp3) is 0.667. The highest BCUT2D eigenvalue weighted by Crippen LogP contribution is 2.25. The van der Waals surface area contributed by atoms with Gasteiger partial charge in [0.15, 0.2) is 0 Å². The van der Waals surface area contributed by atoms with E-state index in [1.807, 2.05) is 0 Å². The fourth-order valence-corrected chi connectivity index (χ4v) is 1.97. The van der Waals surface area contributed by atoms with E-state index in [2.05, 4.69) is 45.6 Å². The molecule has 0 fully saturated rings. The van der Waals surface area contributed by atoms with Gasteiger partial charge in [-0.05, 0) is 31.3 Å². The molecule has 80 valence electrons. The molecule has 1 atom stereocenters. The maximum Gasteiger partial charge on any atom is 0.0855 e. The summed E-state index contributed by atoms with van der Waals surface area (Å²) in [5, 5.41) is 0. The quantitative estimate of drug-likeness (QED) is 0.654. The Kier molecular flexibility index (Phi) is 4.76. The van der Waals surface area contributed by atoms with E-state index in [0.717, 1.165) is 24.4 Å². The van der Waals surface area contributed by atoms with Crippen LogP contribution in [0.3, 0.4) is 0 Å². The van der Waals surface area contributed by atoms with E-state index in [9.17, 15) is 0 Å². The van der Waals surface area contributed by atoms with Crippen molar-refractivity contribution in [1.82, 2.24) is 0 Å². The average Bonchev–Trinajstić information content (AvgIpc) is 2.20. The molecule has 1 heterocycles. The first-order valence-corrected chi connectivity index (χ1v) is 5.78. The molecule has 1 aliphatic rings. The van der Waals surface area contributed by atoms with Crippen LogP contribution in [-0.2, 0) is 4.74 Å². The highest BCUT2D eigenvalue weighted by atomic mass is 32.1. The van der Waals surface area contributed by atoms with Crippen LogP contribution in [0.1, 0.15) is 33.6 Å². The molecule has 1 unspecified atom stereocenters. The second-order valence-corrected chi connectivity index (χ2v) is 4.53. The minimum absolute atomic E-state index is 0.137. The zero-order chi connectivity index (χ0) is 10.6. The van der Waals surface area contributed by atoms with Crippen LogP contribution in [0.5, 0.6) is 0 Å². The minimum atomic E-state index is 0.137. The van der Waals surface area contributed by atoms with Gasteiger partial charge in [0.05, 0.1) is 6.10 Å². The van der Waals surface area contributed by atoms with Crippen LogP contribution in [0.2, 0.25) is 0 Å². The molecule has 0 aliphatic carbocycles. The van der Waals surface area contributed by atoms with Crippen molar-refractivity contribution < 1.29 is 4.74 Å². The number of hydrogen-bond acceptors (Lipinski definition) is 2. The molecular formula is C12H20OS. The Labute approximate surface area is 92.6 Å². The van der Waals surface area contributed by atoms with Crippen molar-refractivity contribution in [3.8, 4) is 0 Å². The summed E-state index contributed by atoms with van der Waals surface area (Å²) < 4.78 is 5.68. The monoisotopic (exact) mass is 212 g/mol. The largest absolute Gasteiger partial charge is 0.373 e. The molecule has 14 heavy (non-hydrogen) atoms. The summed E-state index contributed by atoms with van der Waals surface area (Å²) >= 11 is 4.56. The third-order valence-corrected chi connectivity index (χ3v) is 3.11. The van der Waals surface area contributed by atoms with Crippen molar-refractivity contribution in [2.45, 2.75) is 39.7 Å². The minimum Gasteiger partial charge on any atom is -0.373 e. The van der Waals surface area contributed by atoms with Crippen LogP contribution >= 0.6 is 12.6 Å². The van der Waals surface area contributed by atoms with Gasteiger partial charge in [0.2, 0.25) is 0 Å². The standard InChI is InChI=1S/C12H20OS/c1-9(2)11-7-5-4-6-8-13-10(3)12(11)14/h5,7,9-10,14H,4,6,8H2,1-3H3. The molecule has 0 bridgehead atoms. The maximum atomic E-state index is 5.68. The predicted molar refractivity (Wildman–Crippen MR) is 64.6 cm³/mol. The summed E-state index contributed by atoms with van der Waals surface area (Å²) in [7, 11) is 0. The van der Waals surface area contributed by atoms with Crippen molar-refractivity contribution >= 4 is 12.6 Å². The van der Waals surface area contributed by atoms with Crippen molar-refractivity contribution in [3.63, 3.8) is 0 Å². The molecule has 2 heteroatoms. The lowest BCUT2D eigenvalue weighted by molar-refractivity contribution is 0.0934. The molecule has 1 aliphatic heterocycles. The lowest BCUT2D eigenvalue weighted by Gasteiger charge is -2.17. The second kappa shape index (κ2) is 5.62. The van der Waals surface area contributed by atoms with Gasteiger partial charge in [0.1, 0.15) is 0 Å². The van der Waals surface area contributed by atoms with Gasteiger partial charge in [-0.25, -0.2) is 0 Å². The lowest BCUT2D eigenvalue weighted by Crippen LogP contribution is -2.11. The van der Waals surface area contributed by atoms with Crippen LogP contribution in [0.15, 0.2) is 22.6 Å². The molecule has 0 aromatic rings. The van der Waals surface area contributed by atoms with Gasteiger partial charge in [-0.3, -0.25) is 0 Å². The first-order valence-electron chi connectivity index (χ1n) is 5.34. The van der Waals surface area contributed by atoms with Gasteiger partial charge in [-0.1, -0.05) is 26.0 Å². The van der Waals surface area contributed by atoms with Crippen LogP contribution in [0, 0.1) is 5.92 Å². The van der Waals surface area contributed by atoms with E-state index in [0.29, 0.717) is 5.92 Å². The lowest BCUT2D eigenvalue weighted by atomic mass is 10.0. The summed E-state index contributed by atoms with van der Waals surface area (Å²) in [5.41, 5.74) is 1.31. The molecule has 0 radical (unpaired) electrons. The highest BCUT2D eigenvalue weighted by molar-refractivity contribution is 7.84. The number of allylic oxidation sites excluding steroid dienone is 3. The Morgan fingerprint density at radius 3 is 2.86 bits per heavy atom. The molecule has 1 nitrogen and oxygen atoms in total. The molecule has 0 aromatic carbocycles. The summed E-state index contributed by atoms with van der Waals surface area (Å²) in [6.45, 7) is 7.30. The summed E-state index contributed by atoms with van der Waals surface area (Å²) in [5.74, 6) is 0.517. The summed E-state index contributed by atoms with van der Waals surface area (Å²) in [4.78, 5) is 1.08. The van der Waals surface area contributed by atoms with Gasteiger partial charge in [-0.15, -0.1) is 12.6 Å². The molecule has 0 amide bonds. The van der Waals surface area contributed by atoms with E-state index >= 15 is 0 Å². The highest BCUT2D eigenvalue weighted by Gasteiger charge is 2.13. The Morgan fingerprint density at radius 1 is 1.50 bits per heavy atom. The first-order chi connectivity index (χ1) is 6.63. The molecule has 0 spiro atoms. The predicted octanol–water partition coefficient (Wildman–Crippen LogP) is 3.58. The van der Waals surface area contributed by atoms with Gasteiger partial charge in [0, 0.05) is 11.5 Å². The van der Waals surface area contributed by atoms with E-state index in [1.54, 1.807) is 0 Å². The zero-order valence-electron chi connectivity index (χ0n) is 9.29. The molecule has 0 saturated heterocycles. The van der Waals surface area contributed by atoms with Crippen LogP contribution in [0.4, 0.5) is 0 Å². The normalized spacial score (nSPS) is 24.8. The van der Waals surface area contributed by atoms with E-state index in [4.69, 9.17) is 4.74 Å². The van der Waals surface area contributed by atoms with E-state index in [-0.39, 0.29) is 6.10 Å². The van der Waals surface area contributed by atoms with Crippen molar-refractivity contribution in [2.75, 3.05) is 6.61 Å². The van der Waals surface area contributed by atoms with Crippen molar-refractivity contribution in [3.05, 3.63) is 22.6 Å². The SMILES string of the molecule is CC(C)C1=C(S)C(C)OCCCC=C1. The molecule has 0 aromatic heterocycles. The number of ether oxygens (including phenoxy) is 1. The Hall–Kier alpha value is -0.210. The summed E-state index contributed by atoms with van der Waals surface area (Å²) in [6, 6.07) is 0. The van der Waals surface area contributed by atoms with E-state index in [1.165, 1.54) is 5.57 Å². The van der Waals surface area contributed by atoms with Crippen LogP contribution in [-0.4, -0.2) is 12.7 Å². The molecule has 0 saturated carbocycles. The van der Waals surface area contributed by atoms with Crippen LogP contribution in [0.25, 0.3) is 0 Å². The number of rotatable bonds is 1. The van der Waals surface area contributed by atoms with Gasteiger partial charge >= 0.3 is 0 Å². The van der Waals surface area contributed by atoms with Crippen molar-refractivity contribution in [1.29, 1.82) is 0 Å². The Bertz CT molecular complexity index is 241. The third kappa shape index (κ3) is 3.18. The van der Waals surface area contributed by atoms with Crippen molar-refractivity contribution in [2.24, 2.45) is 5.92 Å². The Morgan fingerprint density at radius 2 is 2.21 bits per heavy atom. The average molecular weight is 212 g/mol. The summed E-state index contributed by atoms with van der Waals surface area (Å²) in [6.07, 6.45) is 6.78. The van der Waals surface area contributed by atoms with Gasteiger partial charge < -0.3 is 4.74 Å². The topological polar surface area (TPSA) is 9.23 Å². The number of hydrogen-bond donors (Lipinski definition) is 1. The molecular weight excluding hydrogens is 192 g/mol. The Balaban J connectivity index is 2.91. The number of thiol groups is 1. The van der Waals surface area contributed by atoms with Crippen LogP contribution < -0.4 is 0 Å². The second-order valence-electron chi connectivity index (χ2n) is 4.05. The maximum absolute atomic E-state index is 5.68. The molecule has 1 rings (SSSR count). The third-order valence-electron chi connectivity index (χ3n) is 2.48.